The van der Waals surface area contributed by atoms with Crippen LogP contribution >= 0.6 is 0 Å². The van der Waals surface area contributed by atoms with E-state index in [1.165, 1.54) is 0 Å². The molecule has 0 aliphatic rings. The van der Waals surface area contributed by atoms with Gasteiger partial charge in [0.05, 0.1) is 6.61 Å². The minimum absolute atomic E-state index is 0.171. The van der Waals surface area contributed by atoms with E-state index in [1.54, 1.807) is 7.11 Å². The van der Waals surface area contributed by atoms with Crippen molar-refractivity contribution in [1.82, 2.24) is 10.2 Å². The highest BCUT2D eigenvalue weighted by Gasteiger charge is 2.37. The molecule has 0 aromatic heterocycles. The first-order valence-corrected chi connectivity index (χ1v) is 7.91. The van der Waals surface area contributed by atoms with E-state index in [-0.39, 0.29) is 18.1 Å². The van der Waals surface area contributed by atoms with Crippen molar-refractivity contribution < 1.29 is 14.3 Å². The van der Waals surface area contributed by atoms with Crippen LogP contribution in [0.3, 0.4) is 0 Å². The summed E-state index contributed by atoms with van der Waals surface area (Å²) >= 11 is 0. The zero-order valence-electron chi connectivity index (χ0n) is 14.9. The smallest absolute Gasteiger partial charge is 0.326 e. The van der Waals surface area contributed by atoms with E-state index in [1.807, 2.05) is 27.7 Å². The maximum absolute atomic E-state index is 12.3. The van der Waals surface area contributed by atoms with Crippen molar-refractivity contribution in [3.05, 3.63) is 0 Å². The minimum atomic E-state index is -0.654. The summed E-state index contributed by atoms with van der Waals surface area (Å²) in [5.74, 6) is -0.171. The lowest BCUT2D eigenvalue weighted by Gasteiger charge is -2.36. The van der Waals surface area contributed by atoms with Gasteiger partial charge in [-0.1, -0.05) is 0 Å². The highest BCUT2D eigenvalue weighted by atomic mass is 16.5. The van der Waals surface area contributed by atoms with Crippen LogP contribution in [0, 0.1) is 0 Å². The van der Waals surface area contributed by atoms with E-state index in [4.69, 9.17) is 9.47 Å². The monoisotopic (exact) mass is 302 g/mol. The van der Waals surface area contributed by atoms with Crippen LogP contribution in [0.5, 0.6) is 0 Å². The third kappa shape index (κ3) is 7.79. The van der Waals surface area contributed by atoms with Gasteiger partial charge >= 0.3 is 5.97 Å². The topological polar surface area (TPSA) is 50.8 Å². The first-order chi connectivity index (χ1) is 9.76. The zero-order valence-corrected chi connectivity index (χ0v) is 14.9. The molecule has 0 aliphatic heterocycles. The second kappa shape index (κ2) is 10.1. The minimum Gasteiger partial charge on any atom is -0.465 e. The van der Waals surface area contributed by atoms with Gasteiger partial charge in [-0.25, -0.2) is 0 Å². The van der Waals surface area contributed by atoms with Crippen LogP contribution in [0.2, 0.25) is 0 Å². The van der Waals surface area contributed by atoms with Gasteiger partial charge in [-0.3, -0.25) is 10.1 Å². The van der Waals surface area contributed by atoms with Gasteiger partial charge in [0.2, 0.25) is 0 Å². The van der Waals surface area contributed by atoms with Gasteiger partial charge in [0, 0.05) is 32.3 Å². The molecule has 0 aromatic carbocycles. The van der Waals surface area contributed by atoms with Crippen LogP contribution in [-0.2, 0) is 14.3 Å². The molecule has 0 rings (SSSR count). The van der Waals surface area contributed by atoms with Crippen molar-refractivity contribution >= 4 is 5.97 Å². The molecule has 2 unspecified atom stereocenters. The number of rotatable bonds is 11. The van der Waals surface area contributed by atoms with Crippen molar-refractivity contribution in [2.24, 2.45) is 0 Å². The standard InChI is InChI=1S/C16H34N2O3/c1-8-21-15(19)16(5,17-13(2)3)12-14(4)18(6)10-9-11-20-7/h13-14,17H,8-12H2,1-7H3. The molecule has 5 heteroatoms. The second-order valence-electron chi connectivity index (χ2n) is 6.23. The van der Waals surface area contributed by atoms with Crippen LogP contribution in [-0.4, -0.2) is 62.4 Å². The Morgan fingerprint density at radius 3 is 2.43 bits per heavy atom. The van der Waals surface area contributed by atoms with E-state index < -0.39 is 5.54 Å². The first kappa shape index (κ1) is 20.3. The number of hydrogen-bond acceptors (Lipinski definition) is 5. The van der Waals surface area contributed by atoms with Crippen molar-refractivity contribution in [1.29, 1.82) is 0 Å². The van der Waals surface area contributed by atoms with E-state index in [0.717, 1.165) is 19.6 Å². The largest absolute Gasteiger partial charge is 0.465 e. The van der Waals surface area contributed by atoms with Crippen LogP contribution in [0.25, 0.3) is 0 Å². The Kier molecular flexibility index (Phi) is 9.83. The Morgan fingerprint density at radius 2 is 1.95 bits per heavy atom. The SMILES string of the molecule is CCOC(=O)C(C)(CC(C)N(C)CCCOC)NC(C)C. The molecule has 0 saturated heterocycles. The lowest BCUT2D eigenvalue weighted by atomic mass is 9.92. The average Bonchev–Trinajstić information content (AvgIpc) is 2.38. The van der Waals surface area contributed by atoms with Gasteiger partial charge in [0.1, 0.15) is 5.54 Å². The maximum atomic E-state index is 12.3. The first-order valence-electron chi connectivity index (χ1n) is 7.91. The fourth-order valence-corrected chi connectivity index (χ4v) is 2.55. The normalized spacial score (nSPS) is 16.0. The lowest BCUT2D eigenvalue weighted by molar-refractivity contribution is -0.151. The van der Waals surface area contributed by atoms with Gasteiger partial charge < -0.3 is 14.4 Å². The molecule has 0 fully saturated rings. The number of hydrogen-bond donors (Lipinski definition) is 1. The number of ether oxygens (including phenoxy) is 2. The Bertz CT molecular complexity index is 297. The van der Waals surface area contributed by atoms with Crippen LogP contribution < -0.4 is 5.32 Å². The molecule has 0 spiro atoms. The number of carbonyl (C=O) groups is 1. The van der Waals surface area contributed by atoms with Crippen LogP contribution in [0.1, 0.15) is 47.5 Å². The maximum Gasteiger partial charge on any atom is 0.326 e. The molecule has 0 aliphatic carbocycles. The molecule has 0 amide bonds. The summed E-state index contributed by atoms with van der Waals surface area (Å²) in [6.07, 6.45) is 1.71. The summed E-state index contributed by atoms with van der Waals surface area (Å²) in [6.45, 7) is 12.1. The summed E-state index contributed by atoms with van der Waals surface area (Å²) in [5.41, 5.74) is -0.654. The van der Waals surface area contributed by atoms with Gasteiger partial charge in [-0.05, 0) is 54.5 Å². The molecule has 5 nitrogen and oxygen atoms in total. The molecule has 126 valence electrons. The predicted molar refractivity (Wildman–Crippen MR) is 86.5 cm³/mol. The van der Waals surface area contributed by atoms with Crippen molar-refractivity contribution in [3.63, 3.8) is 0 Å². The lowest BCUT2D eigenvalue weighted by Crippen LogP contribution is -2.56. The van der Waals surface area contributed by atoms with Gasteiger partial charge in [0.25, 0.3) is 0 Å². The summed E-state index contributed by atoms with van der Waals surface area (Å²) < 4.78 is 10.3. The van der Waals surface area contributed by atoms with Crippen molar-refractivity contribution in [2.45, 2.75) is 65.1 Å². The van der Waals surface area contributed by atoms with E-state index in [9.17, 15) is 4.79 Å². The number of nitrogens with one attached hydrogen (secondary N) is 1. The van der Waals surface area contributed by atoms with Gasteiger partial charge in [0.15, 0.2) is 0 Å². The highest BCUT2D eigenvalue weighted by Crippen LogP contribution is 2.19. The molecule has 1 N–H and O–H groups in total. The molecular formula is C16H34N2O3. The summed E-state index contributed by atoms with van der Waals surface area (Å²) in [7, 11) is 3.80. The molecule has 0 heterocycles. The highest BCUT2D eigenvalue weighted by molar-refractivity contribution is 5.80. The molecular weight excluding hydrogens is 268 g/mol. The summed E-state index contributed by atoms with van der Waals surface area (Å²) in [4.78, 5) is 14.6. The molecule has 0 saturated carbocycles. The fraction of sp³-hybridized carbons (Fsp3) is 0.938. The number of nitrogens with zero attached hydrogens (tertiary/aromatic N) is 1. The Balaban J connectivity index is 4.67. The van der Waals surface area contributed by atoms with E-state index >= 15 is 0 Å². The zero-order chi connectivity index (χ0) is 16.5. The van der Waals surface area contributed by atoms with Gasteiger partial charge in [-0.2, -0.15) is 0 Å². The number of esters is 1. The quantitative estimate of drug-likeness (QED) is 0.468. The van der Waals surface area contributed by atoms with Crippen LogP contribution in [0.15, 0.2) is 0 Å². The molecule has 0 aromatic rings. The van der Waals surface area contributed by atoms with Gasteiger partial charge in [-0.15, -0.1) is 0 Å². The Labute approximate surface area is 130 Å². The Morgan fingerprint density at radius 1 is 1.33 bits per heavy atom. The number of carbonyl (C=O) groups excluding carboxylic acids is 1. The summed E-state index contributed by atoms with van der Waals surface area (Å²) in [6, 6.07) is 0.507. The molecule has 0 radical (unpaired) electrons. The third-order valence-corrected chi connectivity index (χ3v) is 3.65. The Hall–Kier alpha value is -0.650. The van der Waals surface area contributed by atoms with Crippen molar-refractivity contribution in [3.8, 4) is 0 Å². The second-order valence-corrected chi connectivity index (χ2v) is 6.23. The molecule has 0 bridgehead atoms. The number of methoxy groups -OCH3 is 1. The van der Waals surface area contributed by atoms with Crippen LogP contribution in [0.4, 0.5) is 0 Å². The van der Waals surface area contributed by atoms with E-state index in [0.29, 0.717) is 13.0 Å². The van der Waals surface area contributed by atoms with Crippen molar-refractivity contribution in [2.75, 3.05) is 33.9 Å². The molecule has 21 heavy (non-hydrogen) atoms. The van der Waals surface area contributed by atoms with E-state index in [2.05, 4.69) is 24.2 Å². The fourth-order valence-electron chi connectivity index (χ4n) is 2.55. The average molecular weight is 302 g/mol. The third-order valence-electron chi connectivity index (χ3n) is 3.65. The molecule has 2 atom stereocenters. The summed E-state index contributed by atoms with van der Waals surface area (Å²) in [5, 5.41) is 3.37. The predicted octanol–water partition coefficient (Wildman–Crippen LogP) is 2.05.